The predicted molar refractivity (Wildman–Crippen MR) is 83.9 cm³/mol. The van der Waals surface area contributed by atoms with E-state index in [1.165, 1.54) is 31.5 Å². The molecule has 1 aromatic heterocycles. The lowest BCUT2D eigenvalue weighted by Gasteiger charge is -2.15. The molecule has 1 amide bonds. The van der Waals surface area contributed by atoms with Gasteiger partial charge in [0.1, 0.15) is 0 Å². The lowest BCUT2D eigenvalue weighted by Crippen LogP contribution is -2.30. The summed E-state index contributed by atoms with van der Waals surface area (Å²) in [5.74, 6) is -0.999. The van der Waals surface area contributed by atoms with Crippen LogP contribution in [0.1, 0.15) is 22.8 Å². The van der Waals surface area contributed by atoms with Crippen LogP contribution in [0, 0.1) is 6.92 Å². The minimum absolute atomic E-state index is 0.341. The van der Waals surface area contributed by atoms with Gasteiger partial charge in [-0.15, -0.1) is 0 Å². The second-order valence-corrected chi connectivity index (χ2v) is 5.17. The number of hydrogen-bond acceptors (Lipinski definition) is 4. The summed E-state index contributed by atoms with van der Waals surface area (Å²) in [6, 6.07) is 8.22. The van der Waals surface area contributed by atoms with E-state index in [1.807, 2.05) is 6.92 Å². The van der Waals surface area contributed by atoms with E-state index in [-0.39, 0.29) is 0 Å². The number of rotatable bonds is 4. The van der Waals surface area contributed by atoms with E-state index in [9.17, 15) is 9.59 Å². The van der Waals surface area contributed by atoms with Crippen molar-refractivity contribution in [3.8, 4) is 0 Å². The molecule has 114 valence electrons. The van der Waals surface area contributed by atoms with Crippen LogP contribution in [-0.4, -0.2) is 23.0 Å². The van der Waals surface area contributed by atoms with Gasteiger partial charge in [-0.05, 0) is 43.7 Å². The SMILES string of the molecule is Cc1ccc(Cl)cc1NC(=O)C(C)OC(=O)c1ccncc1. The average Bonchev–Trinajstić information content (AvgIpc) is 2.51. The highest BCUT2D eigenvalue weighted by molar-refractivity contribution is 6.31. The number of halogens is 1. The molecular weight excluding hydrogens is 304 g/mol. The maximum Gasteiger partial charge on any atom is 0.339 e. The number of carbonyl (C=O) groups is 2. The Kier molecular flexibility index (Phi) is 5.12. The van der Waals surface area contributed by atoms with Gasteiger partial charge in [-0.25, -0.2) is 4.79 Å². The first kappa shape index (κ1) is 16.0. The molecule has 0 spiro atoms. The Bertz CT molecular complexity index is 689. The molecule has 6 heteroatoms. The lowest BCUT2D eigenvalue weighted by molar-refractivity contribution is -0.123. The van der Waals surface area contributed by atoms with Crippen LogP contribution in [0.15, 0.2) is 42.7 Å². The summed E-state index contributed by atoms with van der Waals surface area (Å²) in [5.41, 5.74) is 1.79. The van der Waals surface area contributed by atoms with Crippen LogP contribution in [0.5, 0.6) is 0 Å². The number of aryl methyl sites for hydroxylation is 1. The maximum atomic E-state index is 12.1. The van der Waals surface area contributed by atoms with E-state index < -0.39 is 18.0 Å². The normalized spacial score (nSPS) is 11.6. The minimum Gasteiger partial charge on any atom is -0.449 e. The van der Waals surface area contributed by atoms with E-state index in [1.54, 1.807) is 18.2 Å². The lowest BCUT2D eigenvalue weighted by atomic mass is 10.2. The summed E-state index contributed by atoms with van der Waals surface area (Å²) < 4.78 is 5.13. The van der Waals surface area contributed by atoms with E-state index >= 15 is 0 Å². The van der Waals surface area contributed by atoms with Crippen LogP contribution in [0.3, 0.4) is 0 Å². The first-order valence-electron chi connectivity index (χ1n) is 6.65. The standard InChI is InChI=1S/C16H15ClN2O3/c1-10-3-4-13(17)9-14(10)19-15(20)11(2)22-16(21)12-5-7-18-8-6-12/h3-9,11H,1-2H3,(H,19,20). The van der Waals surface area contributed by atoms with Crippen LogP contribution in [0.4, 0.5) is 5.69 Å². The van der Waals surface area contributed by atoms with Gasteiger partial charge in [0.2, 0.25) is 0 Å². The molecule has 1 unspecified atom stereocenters. The van der Waals surface area contributed by atoms with E-state index in [2.05, 4.69) is 10.3 Å². The van der Waals surface area contributed by atoms with Crippen LogP contribution in [-0.2, 0) is 9.53 Å². The Morgan fingerprint density at radius 1 is 1.23 bits per heavy atom. The molecule has 1 atom stereocenters. The van der Waals surface area contributed by atoms with E-state index in [0.717, 1.165) is 5.56 Å². The number of amides is 1. The number of nitrogens with zero attached hydrogens (tertiary/aromatic N) is 1. The first-order valence-corrected chi connectivity index (χ1v) is 7.03. The van der Waals surface area contributed by atoms with Gasteiger partial charge >= 0.3 is 5.97 Å². The van der Waals surface area contributed by atoms with Crippen molar-refractivity contribution < 1.29 is 14.3 Å². The molecular formula is C16H15ClN2O3. The molecule has 5 nitrogen and oxygen atoms in total. The zero-order valence-corrected chi connectivity index (χ0v) is 12.9. The highest BCUT2D eigenvalue weighted by Crippen LogP contribution is 2.20. The smallest absolute Gasteiger partial charge is 0.339 e. The summed E-state index contributed by atoms with van der Waals surface area (Å²) >= 11 is 5.90. The largest absolute Gasteiger partial charge is 0.449 e. The molecule has 1 N–H and O–H groups in total. The Hall–Kier alpha value is -2.40. The second-order valence-electron chi connectivity index (χ2n) is 4.73. The third kappa shape index (κ3) is 4.05. The Balaban J connectivity index is 2.00. The number of benzene rings is 1. The van der Waals surface area contributed by atoms with Crippen molar-refractivity contribution in [3.63, 3.8) is 0 Å². The van der Waals surface area contributed by atoms with Crippen LogP contribution >= 0.6 is 11.6 Å². The molecule has 22 heavy (non-hydrogen) atoms. The number of anilines is 1. The summed E-state index contributed by atoms with van der Waals surface area (Å²) in [7, 11) is 0. The molecule has 0 saturated heterocycles. The third-order valence-corrected chi connectivity index (χ3v) is 3.26. The number of pyridine rings is 1. The highest BCUT2D eigenvalue weighted by atomic mass is 35.5. The van der Waals surface area contributed by atoms with Crippen LogP contribution in [0.2, 0.25) is 5.02 Å². The molecule has 0 aliphatic carbocycles. The molecule has 2 aromatic rings. The monoisotopic (exact) mass is 318 g/mol. The van der Waals surface area contributed by atoms with Gasteiger partial charge in [-0.2, -0.15) is 0 Å². The van der Waals surface area contributed by atoms with Gasteiger partial charge in [0.15, 0.2) is 6.10 Å². The fourth-order valence-electron chi connectivity index (χ4n) is 1.73. The van der Waals surface area contributed by atoms with Crippen molar-refractivity contribution >= 4 is 29.2 Å². The topological polar surface area (TPSA) is 68.3 Å². The summed E-state index contributed by atoms with van der Waals surface area (Å²) in [4.78, 5) is 27.8. The van der Waals surface area contributed by atoms with Crippen molar-refractivity contribution in [2.24, 2.45) is 0 Å². The van der Waals surface area contributed by atoms with Gasteiger partial charge in [-0.3, -0.25) is 9.78 Å². The van der Waals surface area contributed by atoms with E-state index in [4.69, 9.17) is 16.3 Å². The number of ether oxygens (including phenoxy) is 1. The third-order valence-electron chi connectivity index (χ3n) is 3.03. The Morgan fingerprint density at radius 2 is 1.91 bits per heavy atom. The molecule has 1 heterocycles. The quantitative estimate of drug-likeness (QED) is 0.879. The Morgan fingerprint density at radius 3 is 2.59 bits per heavy atom. The fraction of sp³-hybridized carbons (Fsp3) is 0.188. The van der Waals surface area contributed by atoms with Crippen molar-refractivity contribution in [1.82, 2.24) is 4.98 Å². The number of nitrogens with one attached hydrogen (secondary N) is 1. The number of aromatic nitrogens is 1. The van der Waals surface area contributed by atoms with Gasteiger partial charge in [0.05, 0.1) is 5.56 Å². The predicted octanol–water partition coefficient (Wildman–Crippen LogP) is 3.23. The molecule has 2 rings (SSSR count). The Labute approximate surface area is 133 Å². The molecule has 0 aliphatic heterocycles. The summed E-state index contributed by atoms with van der Waals surface area (Å²) in [6.07, 6.45) is 2.03. The van der Waals surface area contributed by atoms with Crippen molar-refractivity contribution in [2.45, 2.75) is 20.0 Å². The van der Waals surface area contributed by atoms with E-state index in [0.29, 0.717) is 16.3 Å². The van der Waals surface area contributed by atoms with Crippen molar-refractivity contribution in [1.29, 1.82) is 0 Å². The van der Waals surface area contributed by atoms with Gasteiger partial charge < -0.3 is 10.1 Å². The molecule has 0 fully saturated rings. The van der Waals surface area contributed by atoms with Gasteiger partial charge in [0.25, 0.3) is 5.91 Å². The first-order chi connectivity index (χ1) is 10.5. The molecule has 0 saturated carbocycles. The zero-order chi connectivity index (χ0) is 16.1. The van der Waals surface area contributed by atoms with Gasteiger partial charge in [-0.1, -0.05) is 17.7 Å². The summed E-state index contributed by atoms with van der Waals surface area (Å²) in [5, 5.41) is 3.21. The average molecular weight is 319 g/mol. The summed E-state index contributed by atoms with van der Waals surface area (Å²) in [6.45, 7) is 3.36. The molecule has 1 aromatic carbocycles. The number of hydrogen-bond donors (Lipinski definition) is 1. The molecule has 0 radical (unpaired) electrons. The van der Waals surface area contributed by atoms with Crippen molar-refractivity contribution in [3.05, 3.63) is 58.9 Å². The van der Waals surface area contributed by atoms with Crippen LogP contribution in [0.25, 0.3) is 0 Å². The minimum atomic E-state index is -0.931. The maximum absolute atomic E-state index is 12.1. The van der Waals surface area contributed by atoms with Crippen molar-refractivity contribution in [2.75, 3.05) is 5.32 Å². The number of carbonyl (C=O) groups excluding carboxylic acids is 2. The number of esters is 1. The highest BCUT2D eigenvalue weighted by Gasteiger charge is 2.19. The van der Waals surface area contributed by atoms with Crippen LogP contribution < -0.4 is 5.32 Å². The second kappa shape index (κ2) is 7.04. The molecule has 0 aliphatic rings. The fourth-order valence-corrected chi connectivity index (χ4v) is 1.91. The zero-order valence-electron chi connectivity index (χ0n) is 12.2. The van der Waals surface area contributed by atoms with Gasteiger partial charge in [0, 0.05) is 23.1 Å². The molecule has 0 bridgehead atoms.